The van der Waals surface area contributed by atoms with E-state index >= 15 is 0 Å². The van der Waals surface area contributed by atoms with Gasteiger partial charge in [0.25, 0.3) is 0 Å². The summed E-state index contributed by atoms with van der Waals surface area (Å²) in [7, 11) is 0. The van der Waals surface area contributed by atoms with Gasteiger partial charge in [-0.2, -0.15) is 0 Å². The lowest BCUT2D eigenvalue weighted by atomic mass is 9.95. The minimum absolute atomic E-state index is 0.140. The van der Waals surface area contributed by atoms with Crippen molar-refractivity contribution < 1.29 is 0 Å². The van der Waals surface area contributed by atoms with Gasteiger partial charge in [-0.25, -0.2) is 4.98 Å². The molecule has 0 aliphatic carbocycles. The van der Waals surface area contributed by atoms with Gasteiger partial charge in [-0.1, -0.05) is 23.7 Å². The summed E-state index contributed by atoms with van der Waals surface area (Å²) in [5, 5.41) is 7.67. The van der Waals surface area contributed by atoms with Gasteiger partial charge in [0.1, 0.15) is 0 Å². The minimum atomic E-state index is 0.140. The fourth-order valence-corrected chi connectivity index (χ4v) is 3.08. The zero-order chi connectivity index (χ0) is 15.3. The Labute approximate surface area is 136 Å². The van der Waals surface area contributed by atoms with Crippen molar-refractivity contribution in [3.8, 4) is 0 Å². The number of benzene rings is 1. The van der Waals surface area contributed by atoms with Gasteiger partial charge < -0.3 is 5.32 Å². The maximum atomic E-state index is 5.96. The molecule has 1 aromatic heterocycles. The number of rotatable bonds is 6. The highest BCUT2D eigenvalue weighted by Crippen LogP contribution is 2.18. The van der Waals surface area contributed by atoms with Gasteiger partial charge in [-0.3, -0.25) is 0 Å². The fourth-order valence-electron chi connectivity index (χ4n) is 2.22. The third-order valence-corrected chi connectivity index (χ3v) is 4.36. The average molecular weight is 323 g/mol. The van der Waals surface area contributed by atoms with E-state index in [4.69, 9.17) is 11.6 Å². The molecule has 21 heavy (non-hydrogen) atoms. The second kappa shape index (κ2) is 7.39. The molecular formula is C17H23ClN2S. The molecule has 0 aliphatic rings. The molecule has 114 valence electrons. The van der Waals surface area contributed by atoms with Crippen molar-refractivity contribution in [1.82, 2.24) is 10.3 Å². The Bertz CT molecular complexity index is 529. The van der Waals surface area contributed by atoms with E-state index < -0.39 is 0 Å². The van der Waals surface area contributed by atoms with Crippen LogP contribution in [0.1, 0.15) is 31.3 Å². The SMILES string of the molecule is CC(C)(C)NCC(Cc1ccc(Cl)cc1)Cc1nccs1. The van der Waals surface area contributed by atoms with Crippen LogP contribution in [-0.4, -0.2) is 17.1 Å². The number of nitrogens with zero attached hydrogens (tertiary/aromatic N) is 1. The first-order valence-corrected chi connectivity index (χ1v) is 8.56. The summed E-state index contributed by atoms with van der Waals surface area (Å²) in [6, 6.07) is 8.17. The molecule has 0 saturated carbocycles. The van der Waals surface area contributed by atoms with Crippen LogP contribution in [0.15, 0.2) is 35.8 Å². The first kappa shape index (κ1) is 16.5. The Morgan fingerprint density at radius 1 is 1.19 bits per heavy atom. The summed E-state index contributed by atoms with van der Waals surface area (Å²) >= 11 is 7.70. The highest BCUT2D eigenvalue weighted by molar-refractivity contribution is 7.09. The van der Waals surface area contributed by atoms with Crippen LogP contribution in [0.2, 0.25) is 5.02 Å². The van der Waals surface area contributed by atoms with Crippen LogP contribution < -0.4 is 5.32 Å². The van der Waals surface area contributed by atoms with Crippen molar-refractivity contribution in [2.24, 2.45) is 5.92 Å². The van der Waals surface area contributed by atoms with E-state index in [0.717, 1.165) is 24.4 Å². The number of aromatic nitrogens is 1. The van der Waals surface area contributed by atoms with E-state index in [1.165, 1.54) is 10.6 Å². The zero-order valence-corrected chi connectivity index (χ0v) is 14.5. The second-order valence-corrected chi connectivity index (χ2v) is 7.87. The maximum absolute atomic E-state index is 5.96. The van der Waals surface area contributed by atoms with Crippen molar-refractivity contribution in [2.45, 2.75) is 39.2 Å². The Morgan fingerprint density at radius 3 is 2.48 bits per heavy atom. The normalized spacial score (nSPS) is 13.3. The molecule has 0 saturated heterocycles. The smallest absolute Gasteiger partial charge is 0.0928 e. The maximum Gasteiger partial charge on any atom is 0.0928 e. The molecule has 1 atom stereocenters. The van der Waals surface area contributed by atoms with Gasteiger partial charge in [-0.15, -0.1) is 11.3 Å². The summed E-state index contributed by atoms with van der Waals surface area (Å²) in [4.78, 5) is 4.43. The molecular weight excluding hydrogens is 300 g/mol. The van der Waals surface area contributed by atoms with Crippen molar-refractivity contribution >= 4 is 22.9 Å². The van der Waals surface area contributed by atoms with E-state index in [1.807, 2.05) is 23.7 Å². The van der Waals surface area contributed by atoms with Crippen LogP contribution in [-0.2, 0) is 12.8 Å². The topological polar surface area (TPSA) is 24.9 Å². The van der Waals surface area contributed by atoms with Crippen LogP contribution in [0.25, 0.3) is 0 Å². The van der Waals surface area contributed by atoms with E-state index in [0.29, 0.717) is 5.92 Å². The molecule has 1 heterocycles. The molecule has 0 bridgehead atoms. The van der Waals surface area contributed by atoms with Crippen molar-refractivity contribution in [3.05, 3.63) is 51.4 Å². The molecule has 2 rings (SSSR count). The average Bonchev–Trinajstić information content (AvgIpc) is 2.91. The molecule has 1 unspecified atom stereocenters. The van der Waals surface area contributed by atoms with Crippen molar-refractivity contribution in [3.63, 3.8) is 0 Å². The third-order valence-electron chi connectivity index (χ3n) is 3.31. The predicted octanol–water partition coefficient (Wildman–Crippen LogP) is 4.59. The largest absolute Gasteiger partial charge is 0.312 e. The van der Waals surface area contributed by atoms with Crippen LogP contribution >= 0.6 is 22.9 Å². The monoisotopic (exact) mass is 322 g/mol. The van der Waals surface area contributed by atoms with Crippen molar-refractivity contribution in [2.75, 3.05) is 6.54 Å². The number of hydrogen-bond donors (Lipinski definition) is 1. The molecule has 0 amide bonds. The lowest BCUT2D eigenvalue weighted by molar-refractivity contribution is 0.367. The summed E-state index contributed by atoms with van der Waals surface area (Å²) in [5.41, 5.74) is 1.47. The Hall–Kier alpha value is -0.900. The second-order valence-electron chi connectivity index (χ2n) is 6.46. The molecule has 1 aromatic carbocycles. The van der Waals surface area contributed by atoms with Gasteiger partial charge in [0.2, 0.25) is 0 Å². The van der Waals surface area contributed by atoms with E-state index in [-0.39, 0.29) is 5.54 Å². The standard InChI is InChI=1S/C17H23ClN2S/c1-17(2,3)20-12-14(11-16-19-8-9-21-16)10-13-4-6-15(18)7-5-13/h4-9,14,20H,10-12H2,1-3H3. The number of nitrogens with one attached hydrogen (secondary N) is 1. The third kappa shape index (κ3) is 6.16. The molecule has 4 heteroatoms. The number of hydrogen-bond acceptors (Lipinski definition) is 3. The highest BCUT2D eigenvalue weighted by Gasteiger charge is 2.16. The predicted molar refractivity (Wildman–Crippen MR) is 92.2 cm³/mol. The fraction of sp³-hybridized carbons (Fsp3) is 0.471. The number of halogens is 1. The van der Waals surface area contributed by atoms with Gasteiger partial charge in [0, 0.05) is 28.6 Å². The summed E-state index contributed by atoms with van der Waals surface area (Å²) in [5.74, 6) is 0.538. The van der Waals surface area contributed by atoms with Crippen LogP contribution in [0, 0.1) is 5.92 Å². The summed E-state index contributed by atoms with van der Waals surface area (Å²) in [6.45, 7) is 7.60. The van der Waals surface area contributed by atoms with E-state index in [9.17, 15) is 0 Å². The lowest BCUT2D eigenvalue weighted by Crippen LogP contribution is -2.40. The summed E-state index contributed by atoms with van der Waals surface area (Å²) in [6.07, 6.45) is 3.94. The van der Waals surface area contributed by atoms with Gasteiger partial charge in [0.05, 0.1) is 5.01 Å². The first-order chi connectivity index (χ1) is 9.92. The molecule has 2 nitrogen and oxygen atoms in total. The quantitative estimate of drug-likeness (QED) is 0.841. The van der Waals surface area contributed by atoms with E-state index in [2.05, 4.69) is 43.2 Å². The molecule has 0 fully saturated rings. The van der Waals surface area contributed by atoms with Crippen LogP contribution in [0.5, 0.6) is 0 Å². The van der Waals surface area contributed by atoms with Gasteiger partial charge >= 0.3 is 0 Å². The highest BCUT2D eigenvalue weighted by atomic mass is 35.5. The van der Waals surface area contributed by atoms with Gasteiger partial charge in [0.15, 0.2) is 0 Å². The Morgan fingerprint density at radius 2 is 1.90 bits per heavy atom. The molecule has 0 spiro atoms. The number of thiazole rings is 1. The van der Waals surface area contributed by atoms with E-state index in [1.54, 1.807) is 11.3 Å². The Kier molecular flexibility index (Phi) is 5.80. The van der Waals surface area contributed by atoms with Crippen molar-refractivity contribution in [1.29, 1.82) is 0 Å². The Balaban J connectivity index is 2.01. The minimum Gasteiger partial charge on any atom is -0.312 e. The molecule has 1 N–H and O–H groups in total. The molecule has 0 aliphatic heterocycles. The first-order valence-electron chi connectivity index (χ1n) is 7.30. The van der Waals surface area contributed by atoms with Crippen LogP contribution in [0.4, 0.5) is 0 Å². The molecule has 2 aromatic rings. The van der Waals surface area contributed by atoms with Gasteiger partial charge in [-0.05, 0) is 57.4 Å². The van der Waals surface area contributed by atoms with Crippen LogP contribution in [0.3, 0.4) is 0 Å². The lowest BCUT2D eigenvalue weighted by Gasteiger charge is -2.25. The summed E-state index contributed by atoms with van der Waals surface area (Å²) < 4.78 is 0. The molecule has 0 radical (unpaired) electrons. The zero-order valence-electron chi connectivity index (χ0n) is 12.9.